The monoisotopic (exact) mass is 331 g/mol. The van der Waals surface area contributed by atoms with Crippen molar-refractivity contribution in [3.63, 3.8) is 0 Å². The van der Waals surface area contributed by atoms with Gasteiger partial charge in [-0.05, 0) is 12.1 Å². The van der Waals surface area contributed by atoms with Gasteiger partial charge in [-0.25, -0.2) is 9.97 Å². The quantitative estimate of drug-likeness (QED) is 0.419. The molecule has 0 bridgehead atoms. The van der Waals surface area contributed by atoms with Crippen LogP contribution >= 0.6 is 11.8 Å². The molecule has 0 amide bonds. The largest absolute Gasteiger partial charge is 0.444 e. The van der Waals surface area contributed by atoms with E-state index >= 15 is 0 Å². The van der Waals surface area contributed by atoms with E-state index in [9.17, 15) is 10.1 Å². The fraction of sp³-hybridized carbons (Fsp3) is 0.214. The van der Waals surface area contributed by atoms with E-state index in [1.165, 1.54) is 23.9 Å². The number of aryl methyl sites for hydroxylation is 1. The molecule has 2 heterocycles. The van der Waals surface area contributed by atoms with Crippen LogP contribution in [0.2, 0.25) is 0 Å². The number of H-pyrrole nitrogens is 1. The van der Waals surface area contributed by atoms with Crippen LogP contribution in [-0.2, 0) is 12.2 Å². The molecule has 0 saturated heterocycles. The van der Waals surface area contributed by atoms with Crippen molar-refractivity contribution in [3.05, 3.63) is 52.2 Å². The number of non-ortho nitro benzene ring substituents is 1. The standard InChI is InChI=1S/C14H13N5O3S/c1-2-12-16-14(18-17-12)23-8-10-7-22-13(15-10)9-3-5-11(6-4-9)19(20)21/h3-7H,2,8H2,1H3,(H,16,17,18). The Hall–Kier alpha value is -2.68. The lowest BCUT2D eigenvalue weighted by Crippen LogP contribution is -1.87. The summed E-state index contributed by atoms with van der Waals surface area (Å²) in [6, 6.07) is 6.08. The molecule has 9 heteroatoms. The third kappa shape index (κ3) is 3.57. The third-order valence-electron chi connectivity index (χ3n) is 3.07. The summed E-state index contributed by atoms with van der Waals surface area (Å²) >= 11 is 1.46. The average molecular weight is 331 g/mol. The molecule has 0 fully saturated rings. The van der Waals surface area contributed by atoms with Gasteiger partial charge in [-0.15, -0.1) is 5.10 Å². The molecule has 23 heavy (non-hydrogen) atoms. The number of hydrogen-bond acceptors (Lipinski definition) is 7. The minimum atomic E-state index is -0.442. The Labute approximate surface area is 135 Å². The van der Waals surface area contributed by atoms with Gasteiger partial charge in [0.25, 0.3) is 5.69 Å². The zero-order valence-corrected chi connectivity index (χ0v) is 13.0. The Kier molecular flexibility index (Phi) is 4.38. The Morgan fingerprint density at radius 1 is 1.30 bits per heavy atom. The SMILES string of the molecule is CCc1nc(SCc2coc(-c3ccc([N+](=O)[O-])cc3)n2)n[nH]1. The summed E-state index contributed by atoms with van der Waals surface area (Å²) in [5, 5.41) is 18.3. The fourth-order valence-electron chi connectivity index (χ4n) is 1.87. The number of nitrogens with zero attached hydrogens (tertiary/aromatic N) is 4. The molecular formula is C14H13N5O3S. The first-order valence-electron chi connectivity index (χ1n) is 6.89. The number of thioether (sulfide) groups is 1. The Balaban J connectivity index is 1.66. The van der Waals surface area contributed by atoms with Crippen molar-refractivity contribution in [1.29, 1.82) is 0 Å². The van der Waals surface area contributed by atoms with Gasteiger partial charge in [-0.3, -0.25) is 15.2 Å². The van der Waals surface area contributed by atoms with E-state index in [-0.39, 0.29) is 5.69 Å². The van der Waals surface area contributed by atoms with Crippen LogP contribution in [0, 0.1) is 10.1 Å². The summed E-state index contributed by atoms with van der Waals surface area (Å²) in [5.74, 6) is 1.86. The minimum absolute atomic E-state index is 0.0346. The molecule has 1 N–H and O–H groups in total. The number of nitro benzene ring substituents is 1. The molecule has 0 saturated carbocycles. The number of benzene rings is 1. The van der Waals surface area contributed by atoms with E-state index in [1.807, 2.05) is 6.92 Å². The molecule has 0 atom stereocenters. The normalized spacial score (nSPS) is 10.8. The number of hydrogen-bond donors (Lipinski definition) is 1. The second-order valence-corrected chi connectivity index (χ2v) is 5.60. The van der Waals surface area contributed by atoms with Crippen LogP contribution in [0.15, 0.2) is 40.1 Å². The van der Waals surface area contributed by atoms with Gasteiger partial charge in [0, 0.05) is 29.9 Å². The number of aromatic amines is 1. The number of nitrogens with one attached hydrogen (secondary N) is 1. The molecule has 118 valence electrons. The van der Waals surface area contributed by atoms with Gasteiger partial charge in [-0.1, -0.05) is 18.7 Å². The maximum absolute atomic E-state index is 10.6. The van der Waals surface area contributed by atoms with Crippen LogP contribution in [0.4, 0.5) is 5.69 Å². The molecule has 1 aromatic carbocycles. The summed E-state index contributed by atoms with van der Waals surface area (Å²) in [6.45, 7) is 2.00. The van der Waals surface area contributed by atoms with Crippen LogP contribution < -0.4 is 0 Å². The van der Waals surface area contributed by atoms with Crippen LogP contribution in [0.1, 0.15) is 18.4 Å². The smallest absolute Gasteiger partial charge is 0.269 e. The molecule has 0 radical (unpaired) electrons. The highest BCUT2D eigenvalue weighted by Crippen LogP contribution is 2.24. The summed E-state index contributed by atoms with van der Waals surface area (Å²) in [6.07, 6.45) is 2.37. The summed E-state index contributed by atoms with van der Waals surface area (Å²) in [5.41, 5.74) is 1.48. The minimum Gasteiger partial charge on any atom is -0.444 e. The maximum atomic E-state index is 10.6. The van der Waals surface area contributed by atoms with Crippen molar-refractivity contribution in [2.75, 3.05) is 0 Å². The molecule has 0 unspecified atom stereocenters. The van der Waals surface area contributed by atoms with Crippen LogP contribution in [-0.4, -0.2) is 25.1 Å². The predicted octanol–water partition coefficient (Wildman–Crippen LogP) is 3.22. The molecule has 0 aliphatic carbocycles. The highest BCUT2D eigenvalue weighted by atomic mass is 32.2. The topological polar surface area (TPSA) is 111 Å². The lowest BCUT2D eigenvalue weighted by Gasteiger charge is -1.95. The molecule has 0 spiro atoms. The van der Waals surface area contributed by atoms with Gasteiger partial charge in [0.15, 0.2) is 0 Å². The van der Waals surface area contributed by atoms with E-state index in [0.717, 1.165) is 17.9 Å². The van der Waals surface area contributed by atoms with Crippen molar-refractivity contribution in [2.24, 2.45) is 0 Å². The van der Waals surface area contributed by atoms with Crippen molar-refractivity contribution < 1.29 is 9.34 Å². The lowest BCUT2D eigenvalue weighted by atomic mass is 10.2. The maximum Gasteiger partial charge on any atom is 0.269 e. The Morgan fingerprint density at radius 3 is 2.74 bits per heavy atom. The Bertz CT molecular complexity index is 812. The van der Waals surface area contributed by atoms with Gasteiger partial charge in [0.1, 0.15) is 12.1 Å². The zero-order chi connectivity index (χ0) is 16.2. The average Bonchev–Trinajstić information content (AvgIpc) is 3.22. The molecule has 2 aromatic heterocycles. The second-order valence-electron chi connectivity index (χ2n) is 4.65. The summed E-state index contributed by atoms with van der Waals surface area (Å²) < 4.78 is 5.42. The summed E-state index contributed by atoms with van der Waals surface area (Å²) in [7, 11) is 0. The number of oxazole rings is 1. The molecule has 8 nitrogen and oxygen atoms in total. The first kappa shape index (κ1) is 15.2. The van der Waals surface area contributed by atoms with Crippen LogP contribution in [0.5, 0.6) is 0 Å². The first-order chi connectivity index (χ1) is 11.2. The molecule has 0 aliphatic rings. The molecule has 0 aliphatic heterocycles. The molecule has 3 rings (SSSR count). The molecular weight excluding hydrogens is 318 g/mol. The highest BCUT2D eigenvalue weighted by Gasteiger charge is 2.11. The first-order valence-corrected chi connectivity index (χ1v) is 7.87. The van der Waals surface area contributed by atoms with Crippen molar-refractivity contribution in [2.45, 2.75) is 24.3 Å². The van der Waals surface area contributed by atoms with Crippen LogP contribution in [0.3, 0.4) is 0 Å². The van der Waals surface area contributed by atoms with Gasteiger partial charge in [0.2, 0.25) is 11.0 Å². The summed E-state index contributed by atoms with van der Waals surface area (Å²) in [4.78, 5) is 18.9. The van der Waals surface area contributed by atoms with Crippen molar-refractivity contribution in [1.82, 2.24) is 20.2 Å². The van der Waals surface area contributed by atoms with E-state index in [2.05, 4.69) is 20.2 Å². The van der Waals surface area contributed by atoms with Gasteiger partial charge < -0.3 is 4.42 Å². The lowest BCUT2D eigenvalue weighted by molar-refractivity contribution is -0.384. The van der Waals surface area contributed by atoms with E-state index in [1.54, 1.807) is 18.4 Å². The van der Waals surface area contributed by atoms with Gasteiger partial charge >= 0.3 is 0 Å². The van der Waals surface area contributed by atoms with E-state index < -0.39 is 4.92 Å². The van der Waals surface area contributed by atoms with E-state index in [0.29, 0.717) is 22.4 Å². The fourth-order valence-corrected chi connectivity index (χ4v) is 2.57. The van der Waals surface area contributed by atoms with Gasteiger partial charge in [-0.2, -0.15) is 0 Å². The number of aromatic nitrogens is 4. The van der Waals surface area contributed by atoms with Crippen LogP contribution in [0.25, 0.3) is 11.5 Å². The van der Waals surface area contributed by atoms with Crippen molar-refractivity contribution >= 4 is 17.4 Å². The Morgan fingerprint density at radius 2 is 2.09 bits per heavy atom. The van der Waals surface area contributed by atoms with Gasteiger partial charge in [0.05, 0.1) is 10.6 Å². The second kappa shape index (κ2) is 6.61. The zero-order valence-electron chi connectivity index (χ0n) is 12.2. The highest BCUT2D eigenvalue weighted by molar-refractivity contribution is 7.98. The molecule has 3 aromatic rings. The van der Waals surface area contributed by atoms with E-state index in [4.69, 9.17) is 4.42 Å². The number of rotatable bonds is 6. The number of nitro groups is 1. The third-order valence-corrected chi connectivity index (χ3v) is 3.95. The van der Waals surface area contributed by atoms with Crippen molar-refractivity contribution in [3.8, 4) is 11.5 Å². The predicted molar refractivity (Wildman–Crippen MR) is 83.9 cm³/mol.